The van der Waals surface area contributed by atoms with Crippen molar-refractivity contribution in [2.45, 2.75) is 59.3 Å². The van der Waals surface area contributed by atoms with E-state index in [4.69, 9.17) is 4.74 Å². The Balaban J connectivity index is 1.76. The van der Waals surface area contributed by atoms with Crippen LogP contribution >= 0.6 is 0 Å². The van der Waals surface area contributed by atoms with Gasteiger partial charge >= 0.3 is 0 Å². The third kappa shape index (κ3) is 8.41. The zero-order chi connectivity index (χ0) is 23.3. The number of hydrazine groups is 1. The average molecular weight is 440 g/mol. The third-order valence-corrected chi connectivity index (χ3v) is 5.07. The van der Waals surface area contributed by atoms with Crippen molar-refractivity contribution in [3.8, 4) is 5.75 Å². The van der Waals surface area contributed by atoms with Crippen molar-refractivity contribution < 1.29 is 19.1 Å². The molecule has 0 saturated heterocycles. The molecular formula is C25H33N3O4. The molecule has 0 aliphatic carbocycles. The van der Waals surface area contributed by atoms with Crippen molar-refractivity contribution in [3.63, 3.8) is 0 Å². The molecule has 7 heteroatoms. The smallest absolute Gasteiger partial charge is 0.273 e. The molecule has 0 aromatic heterocycles. The molecule has 0 saturated carbocycles. The molecule has 7 nitrogen and oxygen atoms in total. The monoisotopic (exact) mass is 439 g/mol. The number of para-hydroxylation sites is 1. The van der Waals surface area contributed by atoms with Gasteiger partial charge in [-0.1, -0.05) is 44.4 Å². The predicted molar refractivity (Wildman–Crippen MR) is 125 cm³/mol. The number of rotatable bonds is 11. The van der Waals surface area contributed by atoms with Gasteiger partial charge in [-0.2, -0.15) is 0 Å². The van der Waals surface area contributed by atoms with Gasteiger partial charge in [0.25, 0.3) is 5.91 Å². The summed E-state index contributed by atoms with van der Waals surface area (Å²) in [6.07, 6.45) is 4.26. The van der Waals surface area contributed by atoms with Gasteiger partial charge in [-0.25, -0.2) is 0 Å². The van der Waals surface area contributed by atoms with Crippen molar-refractivity contribution in [1.29, 1.82) is 0 Å². The number of ether oxygens (including phenoxy) is 1. The summed E-state index contributed by atoms with van der Waals surface area (Å²) >= 11 is 0. The topological polar surface area (TPSA) is 96.5 Å². The van der Waals surface area contributed by atoms with Crippen LogP contribution in [-0.2, 0) is 9.59 Å². The summed E-state index contributed by atoms with van der Waals surface area (Å²) in [6.45, 7) is 6.65. The second kappa shape index (κ2) is 13.1. The first-order chi connectivity index (χ1) is 15.4. The maximum absolute atomic E-state index is 12.5. The first-order valence-corrected chi connectivity index (χ1v) is 11.1. The lowest BCUT2D eigenvalue weighted by Gasteiger charge is -2.12. The van der Waals surface area contributed by atoms with Gasteiger partial charge in [0.05, 0.1) is 12.2 Å². The summed E-state index contributed by atoms with van der Waals surface area (Å²) in [5.41, 5.74) is 7.99. The Bertz CT molecular complexity index is 927. The molecule has 0 radical (unpaired) electrons. The van der Waals surface area contributed by atoms with E-state index in [0.29, 0.717) is 23.6 Å². The van der Waals surface area contributed by atoms with E-state index in [2.05, 4.69) is 23.1 Å². The largest absolute Gasteiger partial charge is 0.493 e. The van der Waals surface area contributed by atoms with Crippen molar-refractivity contribution in [2.75, 3.05) is 11.9 Å². The lowest BCUT2D eigenvalue weighted by atomic mass is 10.1. The van der Waals surface area contributed by atoms with Crippen LogP contribution in [0.5, 0.6) is 5.75 Å². The number of carbonyl (C=O) groups is 3. The molecule has 0 spiro atoms. The minimum absolute atomic E-state index is 0.00604. The number of benzene rings is 2. The highest BCUT2D eigenvalue weighted by Crippen LogP contribution is 2.18. The maximum atomic E-state index is 12.5. The van der Waals surface area contributed by atoms with Gasteiger partial charge in [-0.3, -0.25) is 25.2 Å². The van der Waals surface area contributed by atoms with Gasteiger partial charge in [0, 0.05) is 18.5 Å². The quantitative estimate of drug-likeness (QED) is 0.356. The number of unbranched alkanes of at least 4 members (excludes halogenated alkanes) is 3. The van der Waals surface area contributed by atoms with Gasteiger partial charge in [0.15, 0.2) is 0 Å². The van der Waals surface area contributed by atoms with Crippen LogP contribution in [0, 0.1) is 13.8 Å². The summed E-state index contributed by atoms with van der Waals surface area (Å²) in [6, 6.07) is 12.5. The molecule has 3 amide bonds. The molecular weight excluding hydrogens is 406 g/mol. The number of hydrogen-bond donors (Lipinski definition) is 3. The lowest BCUT2D eigenvalue weighted by Crippen LogP contribution is -2.42. The Hall–Kier alpha value is -3.35. The number of aryl methyl sites for hydroxylation is 2. The molecule has 0 atom stereocenters. The van der Waals surface area contributed by atoms with E-state index in [1.54, 1.807) is 24.3 Å². The molecule has 172 valence electrons. The minimum Gasteiger partial charge on any atom is -0.493 e. The number of hydrogen-bond acceptors (Lipinski definition) is 4. The minimum atomic E-state index is -0.470. The van der Waals surface area contributed by atoms with Crippen LogP contribution < -0.4 is 20.9 Å². The molecule has 2 aromatic rings. The SMILES string of the molecule is CCCCCCOc1ccccc1C(=O)NNC(=O)CCC(=O)Nc1ccc(C)c(C)c1. The molecule has 2 aromatic carbocycles. The molecule has 0 fully saturated rings. The highest BCUT2D eigenvalue weighted by molar-refractivity contribution is 5.98. The van der Waals surface area contributed by atoms with Crippen LogP contribution in [0.25, 0.3) is 0 Å². The molecule has 32 heavy (non-hydrogen) atoms. The highest BCUT2D eigenvalue weighted by Gasteiger charge is 2.14. The zero-order valence-corrected chi connectivity index (χ0v) is 19.1. The summed E-state index contributed by atoms with van der Waals surface area (Å²) in [5.74, 6) is -0.714. The number of amides is 3. The van der Waals surface area contributed by atoms with E-state index in [-0.39, 0.29) is 18.7 Å². The molecule has 0 heterocycles. The maximum Gasteiger partial charge on any atom is 0.273 e. The van der Waals surface area contributed by atoms with Crippen molar-refractivity contribution in [2.24, 2.45) is 0 Å². The third-order valence-electron chi connectivity index (χ3n) is 5.07. The van der Waals surface area contributed by atoms with Gasteiger partial charge in [0.1, 0.15) is 5.75 Å². The van der Waals surface area contributed by atoms with E-state index in [1.807, 2.05) is 32.0 Å². The molecule has 0 bridgehead atoms. The molecule has 3 N–H and O–H groups in total. The van der Waals surface area contributed by atoms with Gasteiger partial charge in [-0.15, -0.1) is 0 Å². The molecule has 2 rings (SSSR count). The first-order valence-electron chi connectivity index (χ1n) is 11.1. The van der Waals surface area contributed by atoms with E-state index in [0.717, 1.165) is 36.8 Å². The second-order valence-electron chi connectivity index (χ2n) is 7.75. The fourth-order valence-electron chi connectivity index (χ4n) is 3.02. The number of nitrogens with one attached hydrogen (secondary N) is 3. The van der Waals surface area contributed by atoms with Crippen molar-refractivity contribution in [1.82, 2.24) is 10.9 Å². The average Bonchev–Trinajstić information content (AvgIpc) is 2.78. The second-order valence-corrected chi connectivity index (χ2v) is 7.75. The van der Waals surface area contributed by atoms with E-state index >= 15 is 0 Å². The van der Waals surface area contributed by atoms with Crippen molar-refractivity contribution in [3.05, 3.63) is 59.2 Å². The van der Waals surface area contributed by atoms with Gasteiger partial charge in [0.2, 0.25) is 11.8 Å². The fraction of sp³-hybridized carbons (Fsp3) is 0.400. The van der Waals surface area contributed by atoms with Gasteiger partial charge < -0.3 is 10.1 Å². The van der Waals surface area contributed by atoms with Gasteiger partial charge in [-0.05, 0) is 55.7 Å². The predicted octanol–water partition coefficient (Wildman–Crippen LogP) is 4.44. The van der Waals surface area contributed by atoms with Crippen LogP contribution in [0.15, 0.2) is 42.5 Å². The Labute approximate surface area is 189 Å². The number of anilines is 1. The Morgan fingerprint density at radius 1 is 0.844 bits per heavy atom. The van der Waals surface area contributed by atoms with E-state index in [9.17, 15) is 14.4 Å². The molecule has 0 unspecified atom stereocenters. The fourth-order valence-corrected chi connectivity index (χ4v) is 3.02. The van der Waals surface area contributed by atoms with E-state index < -0.39 is 11.8 Å². The summed E-state index contributed by atoms with van der Waals surface area (Å²) < 4.78 is 5.74. The van der Waals surface area contributed by atoms with Crippen LogP contribution in [-0.4, -0.2) is 24.3 Å². The summed E-state index contributed by atoms with van der Waals surface area (Å²) in [5, 5.41) is 2.77. The van der Waals surface area contributed by atoms with Crippen LogP contribution in [0.4, 0.5) is 5.69 Å². The standard InChI is InChI=1S/C25H33N3O4/c1-4-5-6-9-16-32-22-11-8-7-10-21(22)25(31)28-27-24(30)15-14-23(29)26-20-13-12-18(2)19(3)17-20/h7-8,10-13,17H,4-6,9,14-16H2,1-3H3,(H,26,29)(H,27,30)(H,28,31). The Morgan fingerprint density at radius 2 is 1.59 bits per heavy atom. The Morgan fingerprint density at radius 3 is 2.34 bits per heavy atom. The first kappa shape index (κ1) is 24.9. The number of carbonyl (C=O) groups excluding carboxylic acids is 3. The van der Waals surface area contributed by atoms with Crippen LogP contribution in [0.1, 0.15) is 66.9 Å². The highest BCUT2D eigenvalue weighted by atomic mass is 16.5. The van der Waals surface area contributed by atoms with Crippen LogP contribution in [0.3, 0.4) is 0 Å². The summed E-state index contributed by atoms with van der Waals surface area (Å²) in [7, 11) is 0. The molecule has 0 aliphatic heterocycles. The van der Waals surface area contributed by atoms with Crippen molar-refractivity contribution >= 4 is 23.4 Å². The zero-order valence-electron chi connectivity index (χ0n) is 19.1. The normalized spacial score (nSPS) is 10.3. The lowest BCUT2D eigenvalue weighted by molar-refractivity contribution is -0.124. The van der Waals surface area contributed by atoms with Crippen LogP contribution in [0.2, 0.25) is 0 Å². The van der Waals surface area contributed by atoms with E-state index in [1.165, 1.54) is 0 Å². The Kier molecular flexibility index (Phi) is 10.2. The molecule has 0 aliphatic rings. The summed E-state index contributed by atoms with van der Waals surface area (Å²) in [4.78, 5) is 36.6.